The fourth-order valence-corrected chi connectivity index (χ4v) is 0.664. The molecule has 0 aromatic carbocycles. The third-order valence-corrected chi connectivity index (χ3v) is 1.17. The van der Waals surface area contributed by atoms with Crippen LogP contribution in [0.15, 0.2) is 24.0 Å². The van der Waals surface area contributed by atoms with E-state index in [-0.39, 0.29) is 5.78 Å². The van der Waals surface area contributed by atoms with E-state index >= 15 is 0 Å². The molecule has 0 aromatic rings. The number of allylic oxidation sites excluding steroid dienone is 3. The molecule has 1 rings (SSSR count). The van der Waals surface area contributed by atoms with Crippen LogP contribution in [0.2, 0.25) is 0 Å². The maximum atomic E-state index is 10.5. The van der Waals surface area contributed by atoms with Crippen molar-refractivity contribution in [1.82, 2.24) is 0 Å². The zero-order valence-corrected chi connectivity index (χ0v) is 5.26. The summed E-state index contributed by atoms with van der Waals surface area (Å²) in [6.07, 6.45) is 5.44. The van der Waals surface area contributed by atoms with Gasteiger partial charge in [0.15, 0.2) is 5.78 Å². The maximum Gasteiger partial charge on any atom is 0.159 e. The second kappa shape index (κ2) is 2.49. The lowest BCUT2D eigenvalue weighted by molar-refractivity contribution is -0.114. The molecule has 9 heavy (non-hydrogen) atoms. The van der Waals surface area contributed by atoms with Crippen LogP contribution >= 0.6 is 0 Å². The predicted molar refractivity (Wildman–Crippen MR) is 33.9 cm³/mol. The van der Waals surface area contributed by atoms with Crippen molar-refractivity contribution in [3.63, 3.8) is 0 Å². The summed E-state index contributed by atoms with van der Waals surface area (Å²) in [5.41, 5.74) is 0. The van der Waals surface area contributed by atoms with Gasteiger partial charge in [-0.3, -0.25) is 4.79 Å². The Morgan fingerprint density at radius 3 is 2.78 bits per heavy atom. The average Bonchev–Trinajstić information content (AvgIpc) is 1.90. The summed E-state index contributed by atoms with van der Waals surface area (Å²) < 4.78 is 4.86. The van der Waals surface area contributed by atoms with Crippen molar-refractivity contribution >= 4 is 5.78 Å². The summed E-state index contributed by atoms with van der Waals surface area (Å²) in [5.74, 6) is 0.908. The minimum absolute atomic E-state index is 0.135. The molecule has 0 bridgehead atoms. The maximum absolute atomic E-state index is 10.5. The molecule has 0 amide bonds. The fourth-order valence-electron chi connectivity index (χ4n) is 0.664. The molecule has 2 nitrogen and oxygen atoms in total. The Balaban J connectivity index is 2.63. The van der Waals surface area contributed by atoms with Crippen molar-refractivity contribution in [2.75, 3.05) is 7.11 Å². The summed E-state index contributed by atoms with van der Waals surface area (Å²) in [6.45, 7) is 0. The van der Waals surface area contributed by atoms with Gasteiger partial charge in [0.25, 0.3) is 0 Å². The summed E-state index contributed by atoms with van der Waals surface area (Å²) >= 11 is 0. The highest BCUT2D eigenvalue weighted by molar-refractivity contribution is 5.92. The van der Waals surface area contributed by atoms with Gasteiger partial charge in [-0.25, -0.2) is 0 Å². The van der Waals surface area contributed by atoms with Gasteiger partial charge in [0.2, 0.25) is 0 Å². The van der Waals surface area contributed by atoms with Crippen LogP contribution in [0.5, 0.6) is 0 Å². The first-order chi connectivity index (χ1) is 4.33. The highest BCUT2D eigenvalue weighted by atomic mass is 16.5. The van der Waals surface area contributed by atoms with Gasteiger partial charge >= 0.3 is 0 Å². The quantitative estimate of drug-likeness (QED) is 0.522. The Kier molecular flexibility index (Phi) is 1.68. The summed E-state index contributed by atoms with van der Waals surface area (Å²) in [6, 6.07) is 0. The van der Waals surface area contributed by atoms with Gasteiger partial charge in [0.1, 0.15) is 5.76 Å². The van der Waals surface area contributed by atoms with Gasteiger partial charge in [-0.2, -0.15) is 0 Å². The van der Waals surface area contributed by atoms with Gasteiger partial charge < -0.3 is 4.74 Å². The second-order valence-electron chi connectivity index (χ2n) is 1.81. The second-order valence-corrected chi connectivity index (χ2v) is 1.81. The van der Waals surface area contributed by atoms with Crippen LogP contribution < -0.4 is 0 Å². The number of carbonyl (C=O) groups is 1. The van der Waals surface area contributed by atoms with Gasteiger partial charge in [-0.05, 0) is 18.2 Å². The minimum Gasteiger partial charge on any atom is -0.497 e. The van der Waals surface area contributed by atoms with Crippen LogP contribution in [-0.2, 0) is 9.53 Å². The molecule has 0 fully saturated rings. The van der Waals surface area contributed by atoms with E-state index in [4.69, 9.17) is 4.74 Å². The van der Waals surface area contributed by atoms with E-state index in [1.807, 2.05) is 0 Å². The number of rotatable bonds is 1. The highest BCUT2D eigenvalue weighted by Gasteiger charge is 2.01. The molecule has 0 aromatic heterocycles. The predicted octanol–water partition coefficient (Wildman–Crippen LogP) is 1.05. The normalized spacial score (nSPS) is 17.4. The van der Waals surface area contributed by atoms with Gasteiger partial charge in [-0.15, -0.1) is 0 Å². The molecule has 0 spiro atoms. The van der Waals surface area contributed by atoms with Gasteiger partial charge in [0.05, 0.1) is 7.11 Å². The highest BCUT2D eigenvalue weighted by Crippen LogP contribution is 2.06. The lowest BCUT2D eigenvalue weighted by Crippen LogP contribution is -1.96. The van der Waals surface area contributed by atoms with E-state index in [9.17, 15) is 4.79 Å². The molecule has 0 aliphatic heterocycles. The Morgan fingerprint density at radius 2 is 2.33 bits per heavy atom. The lowest BCUT2D eigenvalue weighted by Gasteiger charge is -2.02. The third kappa shape index (κ3) is 1.42. The lowest BCUT2D eigenvalue weighted by atomic mass is 10.1. The monoisotopic (exact) mass is 124 g/mol. The van der Waals surface area contributed by atoms with Crippen LogP contribution in [0.25, 0.3) is 0 Å². The molecule has 2 heteroatoms. The molecular formula is C7H8O2. The van der Waals surface area contributed by atoms with Crippen molar-refractivity contribution in [2.24, 2.45) is 0 Å². The third-order valence-electron chi connectivity index (χ3n) is 1.17. The van der Waals surface area contributed by atoms with Crippen LogP contribution in [0.3, 0.4) is 0 Å². The molecule has 0 saturated heterocycles. The molecular weight excluding hydrogens is 116 g/mol. The van der Waals surface area contributed by atoms with E-state index in [1.165, 1.54) is 6.08 Å². The van der Waals surface area contributed by atoms with Crippen LogP contribution in [-0.4, -0.2) is 12.9 Å². The first kappa shape index (κ1) is 6.08. The van der Waals surface area contributed by atoms with Gasteiger partial charge in [0, 0.05) is 6.42 Å². The molecule has 0 radical (unpaired) electrons. The number of ether oxygens (including phenoxy) is 1. The summed E-state index contributed by atoms with van der Waals surface area (Å²) in [7, 11) is 1.59. The van der Waals surface area contributed by atoms with Crippen molar-refractivity contribution < 1.29 is 9.53 Å². The average molecular weight is 124 g/mol. The Labute approximate surface area is 53.8 Å². The van der Waals surface area contributed by atoms with Crippen molar-refractivity contribution in [3.8, 4) is 0 Å². The number of hydrogen-bond donors (Lipinski definition) is 0. The summed E-state index contributed by atoms with van der Waals surface area (Å²) in [4.78, 5) is 10.5. The van der Waals surface area contributed by atoms with Gasteiger partial charge in [-0.1, -0.05) is 0 Å². The molecule has 0 saturated carbocycles. The molecule has 0 N–H and O–H groups in total. The molecule has 48 valence electrons. The Morgan fingerprint density at radius 1 is 1.56 bits per heavy atom. The minimum atomic E-state index is 0.135. The van der Waals surface area contributed by atoms with E-state index in [0.29, 0.717) is 6.42 Å². The van der Waals surface area contributed by atoms with Crippen LogP contribution in [0.4, 0.5) is 0 Å². The van der Waals surface area contributed by atoms with Crippen molar-refractivity contribution in [3.05, 3.63) is 24.0 Å². The Bertz CT molecular complexity index is 177. The molecule has 1 aliphatic rings. The summed E-state index contributed by atoms with van der Waals surface area (Å²) in [5, 5.41) is 0. The van der Waals surface area contributed by atoms with E-state index in [2.05, 4.69) is 0 Å². The number of methoxy groups -OCH3 is 1. The zero-order chi connectivity index (χ0) is 6.69. The molecule has 0 atom stereocenters. The Hall–Kier alpha value is -1.05. The fraction of sp³-hybridized carbons (Fsp3) is 0.286. The van der Waals surface area contributed by atoms with E-state index in [0.717, 1.165) is 5.76 Å². The number of carbonyl (C=O) groups excluding carboxylic acids is 1. The van der Waals surface area contributed by atoms with E-state index in [1.54, 1.807) is 19.3 Å². The van der Waals surface area contributed by atoms with E-state index < -0.39 is 0 Å². The van der Waals surface area contributed by atoms with Crippen molar-refractivity contribution in [1.29, 1.82) is 0 Å². The first-order valence-corrected chi connectivity index (χ1v) is 2.78. The number of ketones is 1. The largest absolute Gasteiger partial charge is 0.497 e. The van der Waals surface area contributed by atoms with Crippen molar-refractivity contribution in [2.45, 2.75) is 6.42 Å². The van der Waals surface area contributed by atoms with Crippen LogP contribution in [0.1, 0.15) is 6.42 Å². The molecule has 0 unspecified atom stereocenters. The topological polar surface area (TPSA) is 26.3 Å². The van der Waals surface area contributed by atoms with Crippen LogP contribution in [0, 0.1) is 0 Å². The molecule has 0 heterocycles. The smallest absolute Gasteiger partial charge is 0.159 e. The zero-order valence-electron chi connectivity index (χ0n) is 5.26. The SMILES string of the molecule is COC1=CCC(=O)C=C1. The standard InChI is InChI=1S/C7H8O2/c1-9-7-4-2-6(8)3-5-7/h2,4-5H,3H2,1H3. The first-order valence-electron chi connectivity index (χ1n) is 2.78. The molecule has 1 aliphatic carbocycles. The number of hydrogen-bond acceptors (Lipinski definition) is 2.